The Labute approximate surface area is 124 Å². The lowest BCUT2D eigenvalue weighted by atomic mass is 9.99. The van der Waals surface area contributed by atoms with Gasteiger partial charge in [-0.2, -0.15) is 0 Å². The summed E-state index contributed by atoms with van der Waals surface area (Å²) in [6, 6.07) is 13.9. The van der Waals surface area contributed by atoms with Gasteiger partial charge in [-0.25, -0.2) is 0 Å². The number of rotatable bonds is 3. The highest BCUT2D eigenvalue weighted by Crippen LogP contribution is 2.31. The minimum Gasteiger partial charge on any atom is -0.388 e. The molecule has 0 saturated heterocycles. The first-order chi connectivity index (χ1) is 9.65. The monoisotopic (exact) mass is 287 g/mol. The minimum atomic E-state index is -0.508. The standard InChI is InChI=1S/C17H18ClNO/c1-19-9-8-13-10-14(6-7-16(13)19)17(20)11-12-4-2-3-5-15(12)18/h2-7,10,17,20H,8-9,11H2,1H3. The van der Waals surface area contributed by atoms with Gasteiger partial charge < -0.3 is 10.0 Å². The van der Waals surface area contributed by atoms with Crippen LogP contribution in [0.2, 0.25) is 5.02 Å². The van der Waals surface area contributed by atoms with Crippen LogP contribution in [-0.4, -0.2) is 18.7 Å². The fourth-order valence-corrected chi connectivity index (χ4v) is 3.00. The van der Waals surface area contributed by atoms with E-state index in [1.54, 1.807) is 0 Å². The predicted octanol–water partition coefficient (Wildman–Crippen LogP) is 3.61. The van der Waals surface area contributed by atoms with Crippen LogP contribution < -0.4 is 4.90 Å². The second-order valence-corrected chi connectivity index (χ2v) is 5.78. The zero-order valence-electron chi connectivity index (χ0n) is 11.5. The third kappa shape index (κ3) is 2.54. The van der Waals surface area contributed by atoms with Gasteiger partial charge in [0.05, 0.1) is 6.10 Å². The van der Waals surface area contributed by atoms with Gasteiger partial charge in [-0.3, -0.25) is 0 Å². The first-order valence-corrected chi connectivity index (χ1v) is 7.28. The Bertz CT molecular complexity index is 626. The van der Waals surface area contributed by atoms with E-state index in [9.17, 15) is 5.11 Å². The van der Waals surface area contributed by atoms with Crippen LogP contribution in [0.25, 0.3) is 0 Å². The summed E-state index contributed by atoms with van der Waals surface area (Å²) < 4.78 is 0. The molecule has 0 aliphatic carbocycles. The van der Waals surface area contributed by atoms with Crippen LogP contribution in [0.15, 0.2) is 42.5 Å². The molecule has 0 saturated carbocycles. The predicted molar refractivity (Wildman–Crippen MR) is 83.5 cm³/mol. The van der Waals surface area contributed by atoms with E-state index in [0.717, 1.165) is 24.1 Å². The lowest BCUT2D eigenvalue weighted by Gasteiger charge is -2.15. The Hall–Kier alpha value is -1.51. The lowest BCUT2D eigenvalue weighted by molar-refractivity contribution is 0.178. The maximum Gasteiger partial charge on any atom is 0.0831 e. The molecule has 2 nitrogen and oxygen atoms in total. The van der Waals surface area contributed by atoms with Crippen molar-refractivity contribution in [2.24, 2.45) is 0 Å². The van der Waals surface area contributed by atoms with Crippen molar-refractivity contribution in [1.82, 2.24) is 0 Å². The molecule has 0 spiro atoms. The summed E-state index contributed by atoms with van der Waals surface area (Å²) in [5.74, 6) is 0. The normalized spacial score (nSPS) is 15.2. The average Bonchev–Trinajstić information content (AvgIpc) is 2.82. The van der Waals surface area contributed by atoms with Crippen molar-refractivity contribution in [1.29, 1.82) is 0 Å². The van der Waals surface area contributed by atoms with Gasteiger partial charge in [-0.05, 0) is 35.2 Å². The number of halogens is 1. The molecule has 0 aromatic heterocycles. The first-order valence-electron chi connectivity index (χ1n) is 6.90. The van der Waals surface area contributed by atoms with E-state index in [2.05, 4.69) is 24.1 Å². The summed E-state index contributed by atoms with van der Waals surface area (Å²) in [5.41, 5.74) is 4.56. The zero-order chi connectivity index (χ0) is 14.1. The first kappa shape index (κ1) is 13.5. The molecule has 1 unspecified atom stereocenters. The molecule has 2 aromatic carbocycles. The second kappa shape index (κ2) is 5.47. The third-order valence-electron chi connectivity index (χ3n) is 3.99. The summed E-state index contributed by atoms with van der Waals surface area (Å²) in [6.45, 7) is 1.05. The van der Waals surface area contributed by atoms with Gasteiger partial charge in [0.2, 0.25) is 0 Å². The van der Waals surface area contributed by atoms with E-state index >= 15 is 0 Å². The molecule has 0 bridgehead atoms. The molecule has 1 aliphatic heterocycles. The summed E-state index contributed by atoms with van der Waals surface area (Å²) >= 11 is 6.15. The van der Waals surface area contributed by atoms with Crippen LogP contribution >= 0.6 is 11.6 Å². The molecule has 3 heteroatoms. The quantitative estimate of drug-likeness (QED) is 0.932. The maximum atomic E-state index is 10.4. The van der Waals surface area contributed by atoms with Crippen molar-refractivity contribution in [3.63, 3.8) is 0 Å². The fraction of sp³-hybridized carbons (Fsp3) is 0.294. The van der Waals surface area contributed by atoms with E-state index in [0.29, 0.717) is 11.4 Å². The third-order valence-corrected chi connectivity index (χ3v) is 4.36. The zero-order valence-corrected chi connectivity index (χ0v) is 12.3. The van der Waals surface area contributed by atoms with Gasteiger partial charge in [0.25, 0.3) is 0 Å². The summed E-state index contributed by atoms with van der Waals surface area (Å²) in [5, 5.41) is 11.1. The molecule has 1 atom stereocenters. The molecule has 0 radical (unpaired) electrons. The number of hydrogen-bond donors (Lipinski definition) is 1. The van der Waals surface area contributed by atoms with Gasteiger partial charge in [0, 0.05) is 30.7 Å². The van der Waals surface area contributed by atoms with Gasteiger partial charge in [-0.15, -0.1) is 0 Å². The van der Waals surface area contributed by atoms with Crippen molar-refractivity contribution in [2.75, 3.05) is 18.5 Å². The molecular formula is C17H18ClNO. The topological polar surface area (TPSA) is 23.5 Å². The molecule has 1 N–H and O–H groups in total. The lowest BCUT2D eigenvalue weighted by Crippen LogP contribution is -2.12. The van der Waals surface area contributed by atoms with Crippen molar-refractivity contribution in [3.05, 3.63) is 64.2 Å². The summed E-state index contributed by atoms with van der Waals surface area (Å²) in [4.78, 5) is 2.25. The molecular weight excluding hydrogens is 270 g/mol. The Balaban J connectivity index is 1.81. The van der Waals surface area contributed by atoms with E-state index in [1.165, 1.54) is 11.3 Å². The van der Waals surface area contributed by atoms with Gasteiger partial charge in [0.15, 0.2) is 0 Å². The maximum absolute atomic E-state index is 10.4. The molecule has 3 rings (SSSR count). The van der Waals surface area contributed by atoms with E-state index in [1.807, 2.05) is 30.3 Å². The van der Waals surface area contributed by atoms with E-state index < -0.39 is 6.10 Å². The molecule has 1 aliphatic rings. The Kier molecular flexibility index (Phi) is 3.68. The number of fused-ring (bicyclic) bond motifs is 1. The van der Waals surface area contributed by atoms with Crippen molar-refractivity contribution in [2.45, 2.75) is 18.9 Å². The van der Waals surface area contributed by atoms with Crippen LogP contribution in [0.1, 0.15) is 22.8 Å². The van der Waals surface area contributed by atoms with Gasteiger partial charge in [-0.1, -0.05) is 41.9 Å². The van der Waals surface area contributed by atoms with E-state index in [-0.39, 0.29) is 0 Å². The highest BCUT2D eigenvalue weighted by molar-refractivity contribution is 6.31. The number of aliphatic hydroxyl groups is 1. The van der Waals surface area contributed by atoms with Gasteiger partial charge in [0.1, 0.15) is 0 Å². The molecule has 2 aromatic rings. The number of aliphatic hydroxyl groups excluding tert-OH is 1. The summed E-state index contributed by atoms with van der Waals surface area (Å²) in [7, 11) is 2.10. The van der Waals surface area contributed by atoms with Gasteiger partial charge >= 0.3 is 0 Å². The van der Waals surface area contributed by atoms with Crippen LogP contribution in [0, 0.1) is 0 Å². The largest absolute Gasteiger partial charge is 0.388 e. The number of anilines is 1. The SMILES string of the molecule is CN1CCc2cc(C(O)Cc3ccccc3Cl)ccc21. The van der Waals surface area contributed by atoms with Crippen LogP contribution in [0.4, 0.5) is 5.69 Å². The second-order valence-electron chi connectivity index (χ2n) is 5.37. The Morgan fingerprint density at radius 1 is 1.25 bits per heavy atom. The molecule has 104 valence electrons. The van der Waals surface area contributed by atoms with Crippen molar-refractivity contribution >= 4 is 17.3 Å². The smallest absolute Gasteiger partial charge is 0.0831 e. The van der Waals surface area contributed by atoms with Crippen molar-refractivity contribution < 1.29 is 5.11 Å². The number of nitrogens with zero attached hydrogens (tertiary/aromatic N) is 1. The van der Waals surface area contributed by atoms with Crippen molar-refractivity contribution in [3.8, 4) is 0 Å². The van der Waals surface area contributed by atoms with Crippen LogP contribution in [0.3, 0.4) is 0 Å². The van der Waals surface area contributed by atoms with Crippen LogP contribution in [-0.2, 0) is 12.8 Å². The Morgan fingerprint density at radius 3 is 2.85 bits per heavy atom. The molecule has 20 heavy (non-hydrogen) atoms. The highest BCUT2D eigenvalue weighted by atomic mass is 35.5. The minimum absolute atomic E-state index is 0.508. The summed E-state index contributed by atoms with van der Waals surface area (Å²) in [6.07, 6.45) is 1.10. The number of benzene rings is 2. The fourth-order valence-electron chi connectivity index (χ4n) is 2.78. The molecule has 0 amide bonds. The number of likely N-dealkylation sites (N-methyl/N-ethyl adjacent to an activating group) is 1. The number of hydrogen-bond acceptors (Lipinski definition) is 2. The Morgan fingerprint density at radius 2 is 2.05 bits per heavy atom. The van der Waals surface area contributed by atoms with E-state index in [4.69, 9.17) is 11.6 Å². The highest BCUT2D eigenvalue weighted by Gasteiger charge is 2.18. The molecule has 1 heterocycles. The van der Waals surface area contributed by atoms with Crippen LogP contribution in [0.5, 0.6) is 0 Å². The molecule has 0 fully saturated rings. The average molecular weight is 288 g/mol.